The Morgan fingerprint density at radius 1 is 1.25 bits per heavy atom. The maximum atomic E-state index is 4.85. The van der Waals surface area contributed by atoms with Crippen molar-refractivity contribution >= 4 is 11.9 Å². The lowest BCUT2D eigenvalue weighted by Crippen LogP contribution is -3.13. The second-order valence-electron chi connectivity index (χ2n) is 7.08. The van der Waals surface area contributed by atoms with Crippen LogP contribution in [0, 0.1) is 0 Å². The third-order valence-electron chi connectivity index (χ3n) is 5.50. The van der Waals surface area contributed by atoms with E-state index < -0.39 is 0 Å². The Morgan fingerprint density at radius 2 is 2.08 bits per heavy atom. The van der Waals surface area contributed by atoms with Gasteiger partial charge in [0.2, 0.25) is 0 Å². The molecule has 2 heterocycles. The first-order valence-corrected chi connectivity index (χ1v) is 8.63. The molecule has 1 aromatic carbocycles. The predicted octanol–water partition coefficient (Wildman–Crippen LogP) is 2.65. The average molecular weight is 318 g/mol. The van der Waals surface area contributed by atoms with Gasteiger partial charge in [-0.25, -0.2) is 0 Å². The third-order valence-corrected chi connectivity index (χ3v) is 5.50. The molecule has 1 N–H and O–H groups in total. The molecule has 0 spiro atoms. The Kier molecular flexibility index (Phi) is 3.54. The Labute approximate surface area is 144 Å². The van der Waals surface area contributed by atoms with E-state index in [4.69, 9.17) is 5.10 Å². The SMILES string of the molecule is CC1Cc2ccccc2N1N=CC1=C2C=CC=CC2(C)[NH+](C)C=C1. The number of likely N-dealkylation sites (N-methyl/N-ethyl adjacent to an activating group) is 1. The van der Waals surface area contributed by atoms with Crippen molar-refractivity contribution in [2.75, 3.05) is 12.1 Å². The summed E-state index contributed by atoms with van der Waals surface area (Å²) in [5, 5.41) is 7.00. The molecule has 0 amide bonds. The number of fused-ring (bicyclic) bond motifs is 2. The molecule has 1 aliphatic carbocycles. The van der Waals surface area contributed by atoms with Crippen LogP contribution >= 0.6 is 0 Å². The number of quaternary nitrogens is 1. The van der Waals surface area contributed by atoms with Crippen molar-refractivity contribution in [2.24, 2.45) is 5.10 Å². The average Bonchev–Trinajstić information content (AvgIpc) is 2.90. The summed E-state index contributed by atoms with van der Waals surface area (Å²) in [5.74, 6) is 0. The Bertz CT molecular complexity index is 812. The Morgan fingerprint density at radius 3 is 2.96 bits per heavy atom. The molecule has 4 rings (SSSR count). The van der Waals surface area contributed by atoms with E-state index in [1.54, 1.807) is 0 Å². The zero-order chi connectivity index (χ0) is 16.7. The van der Waals surface area contributed by atoms with Crippen LogP contribution in [0.2, 0.25) is 0 Å². The highest BCUT2D eigenvalue weighted by atomic mass is 15.5. The minimum Gasteiger partial charge on any atom is -0.299 e. The number of hydrogen-bond donors (Lipinski definition) is 1. The highest BCUT2D eigenvalue weighted by Crippen LogP contribution is 2.32. The molecular weight excluding hydrogens is 294 g/mol. The van der Waals surface area contributed by atoms with Gasteiger partial charge in [0.1, 0.15) is 5.54 Å². The van der Waals surface area contributed by atoms with Crippen LogP contribution in [0.15, 0.2) is 77.1 Å². The highest BCUT2D eigenvalue weighted by molar-refractivity contribution is 5.86. The molecule has 24 heavy (non-hydrogen) atoms. The number of nitrogens with zero attached hydrogens (tertiary/aromatic N) is 2. The number of hydrogen-bond acceptors (Lipinski definition) is 2. The molecule has 0 fully saturated rings. The lowest BCUT2D eigenvalue weighted by atomic mass is 9.81. The maximum Gasteiger partial charge on any atom is 0.144 e. The van der Waals surface area contributed by atoms with Crippen molar-refractivity contribution in [3.8, 4) is 0 Å². The third kappa shape index (κ3) is 2.28. The summed E-state index contributed by atoms with van der Waals surface area (Å²) in [6.07, 6.45) is 16.2. The van der Waals surface area contributed by atoms with Crippen LogP contribution in [0.25, 0.3) is 0 Å². The maximum absolute atomic E-state index is 4.85. The predicted molar refractivity (Wildman–Crippen MR) is 100 cm³/mol. The topological polar surface area (TPSA) is 20.0 Å². The summed E-state index contributed by atoms with van der Waals surface area (Å²) in [5.41, 5.74) is 5.12. The van der Waals surface area contributed by atoms with E-state index in [2.05, 4.69) is 86.7 Å². The van der Waals surface area contributed by atoms with Crippen LogP contribution in [0.5, 0.6) is 0 Å². The molecule has 3 aliphatic rings. The van der Waals surface area contributed by atoms with E-state index in [-0.39, 0.29) is 5.54 Å². The standard InChI is InChI=1S/C21H23N3/c1-16-14-17-8-4-5-10-20(17)24(16)22-15-18-11-13-23(3)21(2)12-7-6-9-19(18)21/h4-13,15-16H,14H2,1-3H3/p+1. The fraction of sp³-hybridized carbons (Fsp3) is 0.286. The summed E-state index contributed by atoms with van der Waals surface area (Å²) < 4.78 is 0. The van der Waals surface area contributed by atoms with Gasteiger partial charge < -0.3 is 0 Å². The quantitative estimate of drug-likeness (QED) is 0.831. The molecule has 0 bridgehead atoms. The molecule has 0 radical (unpaired) electrons. The molecule has 1 aromatic rings. The smallest absolute Gasteiger partial charge is 0.144 e. The molecular formula is C21H24N3+. The number of hydrazone groups is 1. The van der Waals surface area contributed by atoms with Crippen LogP contribution in [0.3, 0.4) is 0 Å². The van der Waals surface area contributed by atoms with Gasteiger partial charge in [0.25, 0.3) is 0 Å². The van der Waals surface area contributed by atoms with Crippen molar-refractivity contribution in [3.05, 3.63) is 77.6 Å². The van der Waals surface area contributed by atoms with Crippen LogP contribution < -0.4 is 9.91 Å². The zero-order valence-corrected chi connectivity index (χ0v) is 14.5. The largest absolute Gasteiger partial charge is 0.299 e. The number of para-hydroxylation sites is 1. The molecule has 2 aliphatic heterocycles. The summed E-state index contributed by atoms with van der Waals surface area (Å²) in [4.78, 5) is 1.37. The van der Waals surface area contributed by atoms with Crippen LogP contribution in [0.4, 0.5) is 5.69 Å². The molecule has 122 valence electrons. The fourth-order valence-corrected chi connectivity index (χ4v) is 3.84. The van der Waals surface area contributed by atoms with Gasteiger partial charge in [0.15, 0.2) is 0 Å². The lowest BCUT2D eigenvalue weighted by molar-refractivity contribution is -0.867. The Balaban J connectivity index is 1.69. The van der Waals surface area contributed by atoms with Gasteiger partial charge in [-0.1, -0.05) is 36.4 Å². The minimum atomic E-state index is -0.0145. The number of rotatable bonds is 2. The van der Waals surface area contributed by atoms with Gasteiger partial charge in [0.05, 0.1) is 31.2 Å². The summed E-state index contributed by atoms with van der Waals surface area (Å²) in [6.45, 7) is 4.51. The van der Waals surface area contributed by atoms with E-state index in [1.165, 1.54) is 27.3 Å². The van der Waals surface area contributed by atoms with E-state index in [0.717, 1.165) is 6.42 Å². The van der Waals surface area contributed by atoms with Gasteiger partial charge in [0, 0.05) is 17.2 Å². The van der Waals surface area contributed by atoms with Crippen LogP contribution in [-0.4, -0.2) is 24.8 Å². The van der Waals surface area contributed by atoms with Crippen molar-refractivity contribution in [1.29, 1.82) is 0 Å². The van der Waals surface area contributed by atoms with Gasteiger partial charge in [-0.2, -0.15) is 5.10 Å². The van der Waals surface area contributed by atoms with E-state index in [1.807, 2.05) is 6.21 Å². The van der Waals surface area contributed by atoms with Crippen molar-refractivity contribution in [2.45, 2.75) is 31.8 Å². The second kappa shape index (κ2) is 5.60. The van der Waals surface area contributed by atoms with Crippen molar-refractivity contribution in [1.82, 2.24) is 0 Å². The normalized spacial score (nSPS) is 31.0. The number of anilines is 1. The summed E-state index contributed by atoms with van der Waals surface area (Å²) in [7, 11) is 2.20. The molecule has 0 aromatic heterocycles. The van der Waals surface area contributed by atoms with Gasteiger partial charge in [-0.3, -0.25) is 9.91 Å². The van der Waals surface area contributed by atoms with E-state index in [0.29, 0.717) is 6.04 Å². The molecule has 3 atom stereocenters. The molecule has 0 saturated carbocycles. The monoisotopic (exact) mass is 318 g/mol. The zero-order valence-electron chi connectivity index (χ0n) is 14.5. The fourth-order valence-electron chi connectivity index (χ4n) is 3.84. The number of nitrogens with one attached hydrogen (secondary N) is 1. The van der Waals surface area contributed by atoms with Gasteiger partial charge >= 0.3 is 0 Å². The molecule has 0 saturated heterocycles. The first kappa shape index (κ1) is 15.2. The van der Waals surface area contributed by atoms with Crippen molar-refractivity contribution in [3.63, 3.8) is 0 Å². The first-order valence-electron chi connectivity index (χ1n) is 8.63. The number of benzene rings is 1. The molecule has 3 heteroatoms. The highest BCUT2D eigenvalue weighted by Gasteiger charge is 2.37. The first-order chi connectivity index (χ1) is 11.6. The van der Waals surface area contributed by atoms with E-state index in [9.17, 15) is 0 Å². The van der Waals surface area contributed by atoms with Crippen LogP contribution in [-0.2, 0) is 6.42 Å². The van der Waals surface area contributed by atoms with Gasteiger partial charge in [-0.05, 0) is 38.0 Å². The Hall–Kier alpha value is -2.39. The van der Waals surface area contributed by atoms with Gasteiger partial charge in [-0.15, -0.1) is 0 Å². The second-order valence-corrected chi connectivity index (χ2v) is 7.08. The summed E-state index contributed by atoms with van der Waals surface area (Å²) >= 11 is 0. The number of allylic oxidation sites excluding steroid dienone is 4. The summed E-state index contributed by atoms with van der Waals surface area (Å²) in [6, 6.07) is 8.96. The molecule has 3 unspecified atom stereocenters. The van der Waals surface area contributed by atoms with E-state index >= 15 is 0 Å². The molecule has 3 nitrogen and oxygen atoms in total. The lowest BCUT2D eigenvalue weighted by Gasteiger charge is -2.36. The van der Waals surface area contributed by atoms with Crippen LogP contribution in [0.1, 0.15) is 19.4 Å². The minimum absolute atomic E-state index is 0.0145. The van der Waals surface area contributed by atoms with Crippen molar-refractivity contribution < 1.29 is 4.90 Å².